The predicted molar refractivity (Wildman–Crippen MR) is 51.4 cm³/mol. The molecular weight excluding hydrogens is 178 g/mol. The number of amides is 1. The van der Waals surface area contributed by atoms with Crippen LogP contribution in [0, 0.1) is 12.1 Å². The summed E-state index contributed by atoms with van der Waals surface area (Å²) in [7, 11) is 0. The maximum Gasteiger partial charge on any atom is 0.221 e. The normalized spacial score (nSPS) is 24.3. The van der Waals surface area contributed by atoms with Crippen molar-refractivity contribution in [3.8, 4) is 0 Å². The van der Waals surface area contributed by atoms with Gasteiger partial charge in [-0.2, -0.15) is 5.10 Å². The van der Waals surface area contributed by atoms with Gasteiger partial charge in [0.1, 0.15) is 6.20 Å². The van der Waals surface area contributed by atoms with Crippen molar-refractivity contribution in [2.24, 2.45) is 11.7 Å². The van der Waals surface area contributed by atoms with E-state index in [0.29, 0.717) is 0 Å². The predicted octanol–water partition coefficient (Wildman–Crippen LogP) is 0.466. The van der Waals surface area contributed by atoms with E-state index in [4.69, 9.17) is 5.73 Å². The van der Waals surface area contributed by atoms with Crippen LogP contribution in [0.25, 0.3) is 0 Å². The Balaban J connectivity index is 2.45. The molecule has 4 nitrogen and oxygen atoms in total. The second-order valence-corrected chi connectivity index (χ2v) is 4.35. The largest absolute Gasteiger partial charge is 0.369 e. The van der Waals surface area contributed by atoms with Gasteiger partial charge in [0, 0.05) is 17.7 Å². The molecule has 1 aromatic heterocycles. The summed E-state index contributed by atoms with van der Waals surface area (Å²) in [5, 5.41) is 4.09. The highest BCUT2D eigenvalue weighted by atomic mass is 16.1. The number of hydrogen-bond acceptors (Lipinski definition) is 2. The highest BCUT2D eigenvalue weighted by Crippen LogP contribution is 2.37. The van der Waals surface area contributed by atoms with Gasteiger partial charge in [0.25, 0.3) is 0 Å². The van der Waals surface area contributed by atoms with Crippen molar-refractivity contribution in [1.29, 1.82) is 0 Å². The number of fused-ring (bicyclic) bond motifs is 1. The summed E-state index contributed by atoms with van der Waals surface area (Å²) >= 11 is 0. The van der Waals surface area contributed by atoms with Gasteiger partial charge in [-0.15, -0.1) is 0 Å². The van der Waals surface area contributed by atoms with Crippen LogP contribution in [-0.4, -0.2) is 15.7 Å². The van der Waals surface area contributed by atoms with Crippen molar-refractivity contribution in [3.05, 3.63) is 18.0 Å². The minimum Gasteiger partial charge on any atom is -0.369 e. The molecule has 1 aromatic rings. The summed E-state index contributed by atoms with van der Waals surface area (Å²) < 4.78 is 1.90. The molecule has 0 aliphatic carbocycles. The highest BCUT2D eigenvalue weighted by molar-refractivity contribution is 5.78. The molecule has 4 heteroatoms. The fourth-order valence-electron chi connectivity index (χ4n) is 2.27. The number of primary amides is 1. The minimum absolute atomic E-state index is 0.0971. The third-order valence-corrected chi connectivity index (χ3v) is 3.16. The highest BCUT2D eigenvalue weighted by Gasteiger charge is 2.40. The van der Waals surface area contributed by atoms with E-state index >= 15 is 0 Å². The molecule has 0 fully saturated rings. The molecule has 1 amide bonds. The molecule has 0 spiro atoms. The first-order chi connectivity index (χ1) is 6.53. The lowest BCUT2D eigenvalue weighted by Gasteiger charge is -2.36. The third-order valence-electron chi connectivity index (χ3n) is 3.16. The Bertz CT molecular complexity index is 367. The minimum atomic E-state index is -0.225. The Morgan fingerprint density at radius 2 is 2.50 bits per heavy atom. The van der Waals surface area contributed by atoms with Gasteiger partial charge in [0.15, 0.2) is 0 Å². The van der Waals surface area contributed by atoms with Crippen molar-refractivity contribution in [1.82, 2.24) is 9.78 Å². The molecule has 0 bridgehead atoms. The Labute approximate surface area is 83.1 Å². The molecule has 14 heavy (non-hydrogen) atoms. The van der Waals surface area contributed by atoms with Gasteiger partial charge in [-0.1, -0.05) is 13.8 Å². The zero-order chi connectivity index (χ0) is 10.3. The number of carbonyl (C=O) groups excluding carboxylic acids is 1. The van der Waals surface area contributed by atoms with E-state index < -0.39 is 0 Å². The topological polar surface area (TPSA) is 60.9 Å². The maximum absolute atomic E-state index is 11.3. The van der Waals surface area contributed by atoms with Gasteiger partial charge >= 0.3 is 0 Å². The first-order valence-electron chi connectivity index (χ1n) is 4.77. The summed E-state index contributed by atoms with van der Waals surface area (Å²) in [6.07, 6.45) is 3.58. The quantitative estimate of drug-likeness (QED) is 0.703. The van der Waals surface area contributed by atoms with E-state index in [1.807, 2.05) is 24.6 Å². The van der Waals surface area contributed by atoms with Gasteiger partial charge in [-0.25, -0.2) is 0 Å². The zero-order valence-electron chi connectivity index (χ0n) is 8.45. The molecule has 0 saturated carbocycles. The fraction of sp³-hybridized carbons (Fsp3) is 0.600. The van der Waals surface area contributed by atoms with Gasteiger partial charge in [0.05, 0.1) is 5.92 Å². The second-order valence-electron chi connectivity index (χ2n) is 4.35. The van der Waals surface area contributed by atoms with Crippen LogP contribution in [0.2, 0.25) is 0 Å². The summed E-state index contributed by atoms with van der Waals surface area (Å²) in [6.45, 7) is 4.82. The molecule has 75 valence electrons. The van der Waals surface area contributed by atoms with Crippen LogP contribution in [-0.2, 0) is 16.8 Å². The van der Waals surface area contributed by atoms with Gasteiger partial charge in [-0.3, -0.25) is 9.48 Å². The first-order valence-corrected chi connectivity index (χ1v) is 4.77. The van der Waals surface area contributed by atoms with E-state index in [-0.39, 0.29) is 17.2 Å². The second kappa shape index (κ2) is 2.83. The summed E-state index contributed by atoms with van der Waals surface area (Å²) in [6, 6.07) is 1.84. The summed E-state index contributed by atoms with van der Waals surface area (Å²) in [5.41, 5.74) is 6.21. The van der Waals surface area contributed by atoms with E-state index in [1.165, 1.54) is 0 Å². The molecule has 1 radical (unpaired) electrons. The van der Waals surface area contributed by atoms with Crippen LogP contribution in [0.3, 0.4) is 0 Å². The molecule has 1 aliphatic heterocycles. The molecule has 2 rings (SSSR count). The lowest BCUT2D eigenvalue weighted by atomic mass is 9.72. The standard InChI is InChI=1S/C10H14N3O/c1-10(2)7(9(11)14)4-6-13-8(10)3-5-12-13/h3,7H,4,6H2,1-2H3,(H2,11,14). The van der Waals surface area contributed by atoms with Gasteiger partial charge in [-0.05, 0) is 12.5 Å². The van der Waals surface area contributed by atoms with Crippen molar-refractivity contribution < 1.29 is 4.79 Å². The lowest BCUT2D eigenvalue weighted by Crippen LogP contribution is -2.44. The van der Waals surface area contributed by atoms with Gasteiger partial charge in [0.2, 0.25) is 5.91 Å². The van der Waals surface area contributed by atoms with Crippen molar-refractivity contribution in [2.45, 2.75) is 32.2 Å². The first kappa shape index (κ1) is 9.24. The number of carbonyl (C=O) groups is 1. The number of rotatable bonds is 1. The number of hydrogen-bond donors (Lipinski definition) is 1. The molecular formula is C10H14N3O. The SMILES string of the molecule is CC1(C)c2c[c]nn2CCC1C(N)=O. The average molecular weight is 192 g/mol. The van der Waals surface area contributed by atoms with E-state index in [9.17, 15) is 4.79 Å². The Morgan fingerprint density at radius 3 is 3.14 bits per heavy atom. The van der Waals surface area contributed by atoms with Crippen LogP contribution in [0.1, 0.15) is 26.0 Å². The van der Waals surface area contributed by atoms with E-state index in [1.54, 1.807) is 0 Å². The van der Waals surface area contributed by atoms with Crippen LogP contribution in [0.4, 0.5) is 0 Å². The van der Waals surface area contributed by atoms with Crippen LogP contribution >= 0.6 is 0 Å². The molecule has 1 atom stereocenters. The molecule has 2 heterocycles. The van der Waals surface area contributed by atoms with Crippen LogP contribution in [0.5, 0.6) is 0 Å². The van der Waals surface area contributed by atoms with Crippen LogP contribution < -0.4 is 5.73 Å². The van der Waals surface area contributed by atoms with Crippen molar-refractivity contribution in [2.75, 3.05) is 0 Å². The van der Waals surface area contributed by atoms with Crippen molar-refractivity contribution >= 4 is 5.91 Å². The summed E-state index contributed by atoms with van der Waals surface area (Å²) in [4.78, 5) is 11.3. The smallest absolute Gasteiger partial charge is 0.221 e. The molecule has 0 saturated heterocycles. The zero-order valence-corrected chi connectivity index (χ0v) is 8.45. The van der Waals surface area contributed by atoms with E-state index in [2.05, 4.69) is 11.3 Å². The number of aryl methyl sites for hydroxylation is 1. The van der Waals surface area contributed by atoms with E-state index in [0.717, 1.165) is 18.7 Å². The van der Waals surface area contributed by atoms with Crippen LogP contribution in [0.15, 0.2) is 6.07 Å². The Kier molecular flexibility index (Phi) is 1.87. The molecule has 1 aliphatic rings. The number of aromatic nitrogens is 2. The summed E-state index contributed by atoms with van der Waals surface area (Å²) in [5.74, 6) is -0.317. The monoisotopic (exact) mass is 192 g/mol. The fourth-order valence-corrected chi connectivity index (χ4v) is 2.27. The maximum atomic E-state index is 11.3. The molecule has 1 unspecified atom stereocenters. The third kappa shape index (κ3) is 1.14. The molecule has 2 N–H and O–H groups in total. The Hall–Kier alpha value is -1.32. The number of nitrogens with two attached hydrogens (primary N) is 1. The Morgan fingerprint density at radius 1 is 1.79 bits per heavy atom. The lowest BCUT2D eigenvalue weighted by molar-refractivity contribution is -0.124. The molecule has 0 aromatic carbocycles. The average Bonchev–Trinajstić information content (AvgIpc) is 2.51. The number of nitrogens with zero attached hydrogens (tertiary/aromatic N) is 2. The van der Waals surface area contributed by atoms with Crippen molar-refractivity contribution in [3.63, 3.8) is 0 Å². The van der Waals surface area contributed by atoms with Gasteiger partial charge < -0.3 is 5.73 Å².